The van der Waals surface area contributed by atoms with Crippen molar-refractivity contribution in [3.05, 3.63) is 35.9 Å². The molecule has 0 saturated carbocycles. The average molecular weight is 320 g/mol. The van der Waals surface area contributed by atoms with E-state index in [1.807, 2.05) is 39.0 Å². The quantitative estimate of drug-likeness (QED) is 0.927. The molecule has 0 aromatic heterocycles. The molecule has 2 atom stereocenters. The van der Waals surface area contributed by atoms with Gasteiger partial charge >= 0.3 is 6.09 Å². The fourth-order valence-electron chi connectivity index (χ4n) is 2.86. The maximum atomic E-state index is 12.0. The van der Waals surface area contributed by atoms with Crippen molar-refractivity contribution in [3.63, 3.8) is 0 Å². The highest BCUT2D eigenvalue weighted by atomic mass is 16.6. The van der Waals surface area contributed by atoms with E-state index in [-0.39, 0.29) is 18.2 Å². The third kappa shape index (κ3) is 5.84. The number of hydrogen-bond donors (Lipinski definition) is 1. The largest absolute Gasteiger partial charge is 0.444 e. The van der Waals surface area contributed by atoms with Crippen LogP contribution in [0.15, 0.2) is 30.3 Å². The molecule has 0 radical (unpaired) electrons. The molecular formula is C18H28N2O3. The van der Waals surface area contributed by atoms with Crippen molar-refractivity contribution in [2.75, 3.05) is 20.2 Å². The highest BCUT2D eigenvalue weighted by Crippen LogP contribution is 2.17. The fourth-order valence-corrected chi connectivity index (χ4v) is 2.86. The topological polar surface area (TPSA) is 50.8 Å². The predicted octanol–water partition coefficient (Wildman–Crippen LogP) is 2.80. The minimum Gasteiger partial charge on any atom is -0.444 e. The summed E-state index contributed by atoms with van der Waals surface area (Å²) in [4.78, 5) is 14.4. The number of nitrogens with one attached hydrogen (secondary N) is 1. The second-order valence-corrected chi connectivity index (χ2v) is 7.04. The van der Waals surface area contributed by atoms with Crippen LogP contribution in [0.25, 0.3) is 0 Å². The molecule has 1 aromatic carbocycles. The Balaban J connectivity index is 1.94. The first-order valence-electron chi connectivity index (χ1n) is 8.16. The molecule has 0 bridgehead atoms. The molecule has 0 aliphatic carbocycles. The van der Waals surface area contributed by atoms with Gasteiger partial charge in [-0.25, -0.2) is 4.79 Å². The molecule has 1 saturated heterocycles. The zero-order chi connectivity index (χ0) is 16.9. The van der Waals surface area contributed by atoms with Crippen LogP contribution >= 0.6 is 0 Å². The number of methoxy groups -OCH3 is 1. The lowest BCUT2D eigenvalue weighted by Gasteiger charge is -2.38. The Kier molecular flexibility index (Phi) is 6.02. The van der Waals surface area contributed by atoms with E-state index in [4.69, 9.17) is 9.47 Å². The van der Waals surface area contributed by atoms with Gasteiger partial charge in [-0.3, -0.25) is 4.90 Å². The van der Waals surface area contributed by atoms with Crippen molar-refractivity contribution in [1.82, 2.24) is 10.2 Å². The molecule has 1 fully saturated rings. The Bertz CT molecular complexity index is 499. The van der Waals surface area contributed by atoms with Crippen molar-refractivity contribution in [2.45, 2.75) is 51.5 Å². The summed E-state index contributed by atoms with van der Waals surface area (Å²) in [6.07, 6.45) is 0.532. The first-order chi connectivity index (χ1) is 10.9. The van der Waals surface area contributed by atoms with Crippen LogP contribution in [0.5, 0.6) is 0 Å². The van der Waals surface area contributed by atoms with Crippen molar-refractivity contribution < 1.29 is 14.3 Å². The number of ether oxygens (including phenoxy) is 2. The molecule has 1 heterocycles. The van der Waals surface area contributed by atoms with Crippen molar-refractivity contribution in [3.8, 4) is 0 Å². The van der Waals surface area contributed by atoms with Crippen LogP contribution in [0.4, 0.5) is 4.79 Å². The summed E-state index contributed by atoms with van der Waals surface area (Å²) in [5.41, 5.74) is 0.782. The van der Waals surface area contributed by atoms with Crippen LogP contribution in [0, 0.1) is 0 Å². The van der Waals surface area contributed by atoms with Gasteiger partial charge in [-0.1, -0.05) is 30.3 Å². The number of amides is 1. The predicted molar refractivity (Wildman–Crippen MR) is 90.3 cm³/mol. The summed E-state index contributed by atoms with van der Waals surface area (Å²) in [6, 6.07) is 10.3. The van der Waals surface area contributed by atoms with Crippen LogP contribution in [0.1, 0.15) is 32.8 Å². The standard InChI is InChI=1S/C18H28N2O3/c1-18(2,3)23-17(21)19-15-13-20(11-10-16(15)22-4)12-14-8-6-5-7-9-14/h5-9,15-16H,10-13H2,1-4H3,(H,19,21)/t15-,16-/m1/s1. The number of carbonyl (C=O) groups is 1. The summed E-state index contributed by atoms with van der Waals surface area (Å²) in [7, 11) is 1.70. The molecule has 5 heteroatoms. The third-order valence-electron chi connectivity index (χ3n) is 3.89. The van der Waals surface area contributed by atoms with E-state index in [0.717, 1.165) is 26.1 Å². The second-order valence-electron chi connectivity index (χ2n) is 7.04. The van der Waals surface area contributed by atoms with Crippen LogP contribution in [0.3, 0.4) is 0 Å². The van der Waals surface area contributed by atoms with E-state index in [9.17, 15) is 4.79 Å². The monoisotopic (exact) mass is 320 g/mol. The van der Waals surface area contributed by atoms with Gasteiger partial charge in [-0.05, 0) is 32.8 Å². The van der Waals surface area contributed by atoms with E-state index in [1.54, 1.807) is 7.11 Å². The van der Waals surface area contributed by atoms with Crippen LogP contribution in [-0.4, -0.2) is 48.9 Å². The van der Waals surface area contributed by atoms with Gasteiger partial charge in [0.2, 0.25) is 0 Å². The number of rotatable bonds is 4. The Labute approximate surface area is 139 Å². The normalized spacial score (nSPS) is 22.6. The zero-order valence-corrected chi connectivity index (χ0v) is 14.5. The Hall–Kier alpha value is -1.59. The fraction of sp³-hybridized carbons (Fsp3) is 0.611. The molecule has 0 spiro atoms. The molecule has 2 rings (SSSR count). The maximum Gasteiger partial charge on any atom is 0.408 e. The van der Waals surface area contributed by atoms with Gasteiger partial charge < -0.3 is 14.8 Å². The minimum absolute atomic E-state index is 0.0227. The molecule has 1 aromatic rings. The molecule has 128 valence electrons. The van der Waals surface area contributed by atoms with E-state index < -0.39 is 5.60 Å². The van der Waals surface area contributed by atoms with Gasteiger partial charge in [-0.15, -0.1) is 0 Å². The van der Waals surface area contributed by atoms with Gasteiger partial charge in [-0.2, -0.15) is 0 Å². The number of carbonyl (C=O) groups excluding carboxylic acids is 1. The summed E-state index contributed by atoms with van der Waals surface area (Å²) in [6.45, 7) is 8.19. The SMILES string of the molecule is CO[C@@H]1CCN(Cc2ccccc2)C[C@H]1NC(=O)OC(C)(C)C. The molecule has 1 aliphatic rings. The van der Waals surface area contributed by atoms with Crippen molar-refractivity contribution in [1.29, 1.82) is 0 Å². The molecule has 5 nitrogen and oxygen atoms in total. The molecule has 23 heavy (non-hydrogen) atoms. The van der Waals surface area contributed by atoms with Crippen LogP contribution < -0.4 is 5.32 Å². The molecule has 1 aliphatic heterocycles. The van der Waals surface area contributed by atoms with E-state index >= 15 is 0 Å². The lowest BCUT2D eigenvalue weighted by atomic mass is 10.0. The summed E-state index contributed by atoms with van der Waals surface area (Å²) in [5.74, 6) is 0. The molecule has 1 N–H and O–H groups in total. The summed E-state index contributed by atoms with van der Waals surface area (Å²) >= 11 is 0. The Morgan fingerprint density at radius 2 is 2.00 bits per heavy atom. The smallest absolute Gasteiger partial charge is 0.408 e. The number of nitrogens with zero attached hydrogens (tertiary/aromatic N) is 1. The van der Waals surface area contributed by atoms with Crippen molar-refractivity contribution in [2.24, 2.45) is 0 Å². The van der Waals surface area contributed by atoms with Crippen LogP contribution in [-0.2, 0) is 16.0 Å². The van der Waals surface area contributed by atoms with Gasteiger partial charge in [0.25, 0.3) is 0 Å². The van der Waals surface area contributed by atoms with Gasteiger partial charge in [0, 0.05) is 26.7 Å². The first-order valence-corrected chi connectivity index (χ1v) is 8.16. The molecular weight excluding hydrogens is 292 g/mol. The van der Waals surface area contributed by atoms with E-state index in [2.05, 4.69) is 22.3 Å². The summed E-state index contributed by atoms with van der Waals surface area (Å²) < 4.78 is 10.9. The highest BCUT2D eigenvalue weighted by molar-refractivity contribution is 5.68. The molecule has 0 unspecified atom stereocenters. The summed E-state index contributed by atoms with van der Waals surface area (Å²) in [5, 5.41) is 2.96. The number of piperidine rings is 1. The van der Waals surface area contributed by atoms with Gasteiger partial charge in [0.1, 0.15) is 5.60 Å². The van der Waals surface area contributed by atoms with Gasteiger partial charge in [0.05, 0.1) is 12.1 Å². The zero-order valence-electron chi connectivity index (χ0n) is 14.5. The van der Waals surface area contributed by atoms with E-state index in [1.165, 1.54) is 5.56 Å². The lowest BCUT2D eigenvalue weighted by Crippen LogP contribution is -2.56. The number of likely N-dealkylation sites (tertiary alicyclic amines) is 1. The average Bonchev–Trinajstić information content (AvgIpc) is 2.46. The minimum atomic E-state index is -0.495. The molecule has 1 amide bonds. The lowest BCUT2D eigenvalue weighted by molar-refractivity contribution is 0.000217. The Morgan fingerprint density at radius 1 is 1.30 bits per heavy atom. The highest BCUT2D eigenvalue weighted by Gasteiger charge is 2.31. The number of alkyl carbamates (subject to hydrolysis) is 1. The first kappa shape index (κ1) is 17.8. The van der Waals surface area contributed by atoms with Gasteiger partial charge in [0.15, 0.2) is 0 Å². The Morgan fingerprint density at radius 3 is 2.61 bits per heavy atom. The van der Waals surface area contributed by atoms with Crippen molar-refractivity contribution >= 4 is 6.09 Å². The van der Waals surface area contributed by atoms with E-state index in [0.29, 0.717) is 0 Å². The number of benzene rings is 1. The maximum absolute atomic E-state index is 12.0. The second kappa shape index (κ2) is 7.79. The number of hydrogen-bond acceptors (Lipinski definition) is 4. The van der Waals surface area contributed by atoms with Crippen LogP contribution in [0.2, 0.25) is 0 Å². The third-order valence-corrected chi connectivity index (χ3v) is 3.89.